The first kappa shape index (κ1) is 16.3. The summed E-state index contributed by atoms with van der Waals surface area (Å²) in [5, 5.41) is 16.0. The molecule has 4 nitrogen and oxygen atoms in total. The van der Waals surface area contributed by atoms with Crippen molar-refractivity contribution in [1.82, 2.24) is 0 Å². The van der Waals surface area contributed by atoms with Crippen LogP contribution < -0.4 is 4.74 Å². The molecular formula is C11H16O4Rf-2. The van der Waals surface area contributed by atoms with E-state index >= 15 is 0 Å². The van der Waals surface area contributed by atoms with E-state index < -0.39 is 6.10 Å². The number of benzene rings is 1. The minimum atomic E-state index is -0.627. The van der Waals surface area contributed by atoms with Crippen LogP contribution in [0.3, 0.4) is 0 Å². The van der Waals surface area contributed by atoms with E-state index in [-0.39, 0.29) is 13.2 Å². The minimum Gasteiger partial charge on any atom is -0.569 e. The Morgan fingerprint density at radius 1 is 1.12 bits per heavy atom. The topological polar surface area (TPSA) is 58.9 Å². The smallest absolute Gasteiger partial charge is 0.119 e. The monoisotopic (exact) mass is 479 g/mol. The summed E-state index contributed by atoms with van der Waals surface area (Å²) < 4.78 is 9.77. The Morgan fingerprint density at radius 3 is 2.19 bits per heavy atom. The van der Waals surface area contributed by atoms with E-state index in [0.29, 0.717) is 0 Å². The van der Waals surface area contributed by atoms with Crippen LogP contribution in [0, 0.1) is 14.2 Å². The van der Waals surface area contributed by atoms with Crippen molar-refractivity contribution in [2.75, 3.05) is 13.2 Å². The molecule has 0 heterocycles. The second-order valence-electron chi connectivity index (χ2n) is 2.65. The van der Waals surface area contributed by atoms with E-state index in [1.807, 2.05) is 30.3 Å². The Kier molecular flexibility index (Phi) is 11.2. The Bertz CT molecular complexity index is 231. The second kappa shape index (κ2) is 11.0. The van der Waals surface area contributed by atoms with Gasteiger partial charge in [0, 0.05) is 6.61 Å². The number of para-hydroxylation sites is 1. The third-order valence-electron chi connectivity index (χ3n) is 1.50. The van der Waals surface area contributed by atoms with Crippen LogP contribution in [0.2, 0.25) is 0 Å². The van der Waals surface area contributed by atoms with Gasteiger partial charge in [-0.15, -0.1) is 0 Å². The Morgan fingerprint density at radius 2 is 1.69 bits per heavy atom. The van der Waals surface area contributed by atoms with Crippen LogP contribution in [0.25, 0.3) is 0 Å². The molecule has 0 bridgehead atoms. The van der Waals surface area contributed by atoms with Gasteiger partial charge in [-0.1, -0.05) is 18.2 Å². The van der Waals surface area contributed by atoms with Crippen LogP contribution in [0.15, 0.2) is 30.3 Å². The standard InChI is InChI=1S/C10H13O3.CH3O.Rf/c1-12-7-9(11)8-13-10-5-3-2-4-6-10;1-2;/h2-6,9,11H,1,7-8H2;2H,1H2;/q2*-1;. The maximum absolute atomic E-state index is 9.22. The average Bonchev–Trinajstić information content (AvgIpc) is 2.31. The molecule has 0 aliphatic carbocycles. The molecule has 0 saturated heterocycles. The average molecular weight is 479 g/mol. The molecule has 1 rings (SSSR count). The fourth-order valence-corrected chi connectivity index (χ4v) is 0.893. The Labute approximate surface area is 90.1 Å². The zero-order valence-electron chi connectivity index (χ0n) is 9.21. The van der Waals surface area contributed by atoms with Crippen LogP contribution in [-0.2, 0) is 4.74 Å². The van der Waals surface area contributed by atoms with Gasteiger partial charge in [-0.25, -0.2) is 14.2 Å². The molecule has 0 amide bonds. The van der Waals surface area contributed by atoms with Gasteiger partial charge in [0.1, 0.15) is 18.5 Å². The molecule has 1 atom stereocenters. The van der Waals surface area contributed by atoms with Crippen molar-refractivity contribution in [3.63, 3.8) is 0 Å². The first-order chi connectivity index (χ1) is 7.33. The van der Waals surface area contributed by atoms with Crippen LogP contribution in [0.1, 0.15) is 0 Å². The summed E-state index contributed by atoms with van der Waals surface area (Å²) in [7, 11) is 5.42. The molecule has 0 fully saturated rings. The number of rotatable bonds is 5. The van der Waals surface area contributed by atoms with E-state index in [0.717, 1.165) is 5.75 Å². The molecule has 5 heteroatoms. The summed E-state index contributed by atoms with van der Waals surface area (Å²) >= 11 is 0. The predicted molar refractivity (Wildman–Crippen MR) is 56.5 cm³/mol. The quantitative estimate of drug-likeness (QED) is 0.628. The van der Waals surface area contributed by atoms with Crippen molar-refractivity contribution >= 4 is 0 Å². The fraction of sp³-hybridized carbons (Fsp3) is 0.273. The number of aliphatic hydroxyl groups excluding tert-OH is 2. The molecule has 1 unspecified atom stereocenters. The van der Waals surface area contributed by atoms with Crippen molar-refractivity contribution in [2.24, 2.45) is 0 Å². The molecule has 16 heavy (non-hydrogen) atoms. The van der Waals surface area contributed by atoms with Crippen LogP contribution in [-0.4, -0.2) is 29.5 Å². The summed E-state index contributed by atoms with van der Waals surface area (Å²) in [5.41, 5.74) is 0. The summed E-state index contributed by atoms with van der Waals surface area (Å²) in [6.45, 7) is 0.409. The van der Waals surface area contributed by atoms with E-state index in [4.69, 9.17) is 9.84 Å². The molecule has 0 saturated carbocycles. The number of hydrogen-bond donors (Lipinski definition) is 2. The van der Waals surface area contributed by atoms with Crippen LogP contribution >= 0.6 is 0 Å². The molecule has 0 aliphatic rings. The van der Waals surface area contributed by atoms with Gasteiger partial charge in [0.05, 0.1) is 0 Å². The SMILES string of the molecule is [CH2-]O.[CH2-]OCC(O)COc1ccccc1.[Rf]. The number of aliphatic hydroxyl groups is 2. The van der Waals surface area contributed by atoms with E-state index in [1.54, 1.807) is 0 Å². The molecule has 0 aromatic heterocycles. The van der Waals surface area contributed by atoms with Crippen molar-refractivity contribution < 1.29 is 19.7 Å². The van der Waals surface area contributed by atoms with Gasteiger partial charge in [0.25, 0.3) is 0 Å². The third kappa shape index (κ3) is 7.32. The molecule has 1 aromatic rings. The zero-order valence-corrected chi connectivity index (χ0v) is 15.6. The first-order valence-electron chi connectivity index (χ1n) is 4.37. The second-order valence-corrected chi connectivity index (χ2v) is 2.65. The summed E-state index contributed by atoms with van der Waals surface area (Å²) in [5.74, 6) is 0.741. The predicted octanol–water partition coefficient (Wildman–Crippen LogP) is 1.38. The van der Waals surface area contributed by atoms with E-state index in [9.17, 15) is 5.11 Å². The Hall–Kier alpha value is -2.10. The summed E-state index contributed by atoms with van der Waals surface area (Å²) in [6, 6.07) is 9.32. The van der Waals surface area contributed by atoms with Gasteiger partial charge in [-0.05, 0) is 12.1 Å². The Balaban J connectivity index is 0. The molecule has 0 spiro atoms. The minimum absolute atomic E-state index is 0. The molecule has 0 aliphatic heterocycles. The van der Waals surface area contributed by atoms with Gasteiger partial charge >= 0.3 is 0 Å². The fourth-order valence-electron chi connectivity index (χ4n) is 0.893. The van der Waals surface area contributed by atoms with E-state index in [2.05, 4.69) is 19.0 Å². The van der Waals surface area contributed by atoms with Gasteiger partial charge in [-0.2, -0.15) is 0 Å². The maximum Gasteiger partial charge on any atom is 0.119 e. The molecule has 2 N–H and O–H groups in total. The van der Waals surface area contributed by atoms with E-state index in [1.165, 1.54) is 0 Å². The first-order valence-corrected chi connectivity index (χ1v) is 4.37. The third-order valence-corrected chi connectivity index (χ3v) is 1.50. The van der Waals surface area contributed by atoms with Crippen molar-refractivity contribution in [3.8, 4) is 5.75 Å². The van der Waals surface area contributed by atoms with Crippen molar-refractivity contribution in [3.05, 3.63) is 44.6 Å². The normalized spacial score (nSPS) is 10.5. The largest absolute Gasteiger partial charge is 0.569 e. The van der Waals surface area contributed by atoms with Crippen LogP contribution in [0.5, 0.6) is 5.75 Å². The molecule has 0 radical (unpaired) electrons. The van der Waals surface area contributed by atoms with Crippen molar-refractivity contribution in [2.45, 2.75) is 6.10 Å². The van der Waals surface area contributed by atoms with Gasteiger partial charge < -0.3 is 19.7 Å². The molecular weight excluding hydrogens is 463 g/mol. The molecule has 1 aromatic carbocycles. The zero-order chi connectivity index (χ0) is 11.5. The maximum atomic E-state index is 9.22. The number of ether oxygens (including phenoxy) is 2. The summed E-state index contributed by atoms with van der Waals surface area (Å²) in [4.78, 5) is 0. The molecule has 88 valence electrons. The summed E-state index contributed by atoms with van der Waals surface area (Å²) in [6.07, 6.45) is -0.627. The van der Waals surface area contributed by atoms with Gasteiger partial charge in [0.2, 0.25) is 0 Å². The number of hydrogen-bond acceptors (Lipinski definition) is 4. The van der Waals surface area contributed by atoms with Crippen LogP contribution in [0.4, 0.5) is 0 Å². The van der Waals surface area contributed by atoms with Gasteiger partial charge in [-0.3, -0.25) is 0 Å². The van der Waals surface area contributed by atoms with Gasteiger partial charge in [0.15, 0.2) is 0 Å². The van der Waals surface area contributed by atoms with Crippen molar-refractivity contribution in [1.29, 1.82) is 0 Å².